The Morgan fingerprint density at radius 1 is 1.17 bits per heavy atom. The summed E-state index contributed by atoms with van der Waals surface area (Å²) in [5.74, 6) is -1.49. The first-order valence-electron chi connectivity index (χ1n) is 13.2. The Labute approximate surface area is 211 Å². The fraction of sp³-hybridized carbons (Fsp3) is 0.750. The number of halogens is 1. The van der Waals surface area contributed by atoms with E-state index in [1.165, 1.54) is 12.5 Å². The third kappa shape index (κ3) is 3.25. The van der Waals surface area contributed by atoms with Crippen molar-refractivity contribution in [2.75, 3.05) is 13.5 Å². The maximum Gasteiger partial charge on any atom is 0.353 e. The molecule has 8 heteroatoms. The Morgan fingerprint density at radius 2 is 1.92 bits per heavy atom. The average Bonchev–Trinajstić information content (AvgIpc) is 3.29. The van der Waals surface area contributed by atoms with Gasteiger partial charge in [-0.05, 0) is 68.9 Å². The first-order valence-corrected chi connectivity index (χ1v) is 13.2. The number of ether oxygens (including phenoxy) is 3. The summed E-state index contributed by atoms with van der Waals surface area (Å²) in [4.78, 5) is 39.1. The van der Waals surface area contributed by atoms with Crippen molar-refractivity contribution in [3.8, 4) is 0 Å². The van der Waals surface area contributed by atoms with Crippen molar-refractivity contribution in [1.82, 2.24) is 0 Å². The molecule has 0 amide bonds. The van der Waals surface area contributed by atoms with Crippen molar-refractivity contribution in [3.05, 3.63) is 23.8 Å². The van der Waals surface area contributed by atoms with E-state index >= 15 is 0 Å². The van der Waals surface area contributed by atoms with E-state index in [0.29, 0.717) is 12.8 Å². The molecular formula is C28H37FO7. The number of hydrogen-bond acceptors (Lipinski definition) is 7. The highest BCUT2D eigenvalue weighted by molar-refractivity contribution is 6.01. The Morgan fingerprint density at radius 3 is 2.58 bits per heavy atom. The molecule has 5 aliphatic rings. The molecule has 0 bridgehead atoms. The average molecular weight is 505 g/mol. The molecule has 4 aliphatic carbocycles. The van der Waals surface area contributed by atoms with Crippen LogP contribution in [0.5, 0.6) is 0 Å². The molecule has 198 valence electrons. The lowest BCUT2D eigenvalue weighted by atomic mass is 9.47. The molecule has 0 aromatic heterocycles. The maximum absolute atomic E-state index is 13.6. The largest absolute Gasteiger partial charge is 0.444 e. The monoisotopic (exact) mass is 504 g/mol. The molecule has 0 radical (unpaired) electrons. The van der Waals surface area contributed by atoms with Crippen LogP contribution in [-0.4, -0.2) is 53.6 Å². The summed E-state index contributed by atoms with van der Waals surface area (Å²) in [6.07, 6.45) is 8.39. The van der Waals surface area contributed by atoms with Gasteiger partial charge < -0.3 is 19.3 Å². The summed E-state index contributed by atoms with van der Waals surface area (Å²) in [6, 6.07) is 0. The van der Waals surface area contributed by atoms with E-state index in [1.54, 1.807) is 12.2 Å². The lowest BCUT2D eigenvalue weighted by Crippen LogP contribution is -2.63. The number of rotatable bonds is 4. The Bertz CT molecular complexity index is 1040. The second-order valence-corrected chi connectivity index (χ2v) is 12.1. The molecule has 9 atom stereocenters. The number of carbonyl (C=O) groups is 3. The minimum atomic E-state index is -1.68. The molecule has 36 heavy (non-hydrogen) atoms. The molecule has 0 aromatic carbocycles. The molecule has 3 saturated carbocycles. The fourth-order valence-electron chi connectivity index (χ4n) is 8.57. The minimum absolute atomic E-state index is 0.0285. The van der Waals surface area contributed by atoms with Crippen LogP contribution in [0.15, 0.2) is 23.8 Å². The normalized spacial score (nSPS) is 47.4. The smallest absolute Gasteiger partial charge is 0.353 e. The van der Waals surface area contributed by atoms with Gasteiger partial charge in [-0.2, -0.15) is 0 Å². The van der Waals surface area contributed by atoms with Gasteiger partial charge in [-0.1, -0.05) is 32.4 Å². The van der Waals surface area contributed by atoms with Crippen LogP contribution in [0.2, 0.25) is 0 Å². The molecule has 0 aromatic rings. The van der Waals surface area contributed by atoms with E-state index in [-0.39, 0.29) is 42.0 Å². The minimum Gasteiger partial charge on any atom is -0.444 e. The van der Waals surface area contributed by atoms with Crippen LogP contribution in [-0.2, 0) is 28.6 Å². The summed E-state index contributed by atoms with van der Waals surface area (Å²) < 4.78 is 30.0. The lowest BCUT2D eigenvalue weighted by molar-refractivity contribution is -0.225. The van der Waals surface area contributed by atoms with Gasteiger partial charge in [0.15, 0.2) is 11.4 Å². The van der Waals surface area contributed by atoms with Crippen molar-refractivity contribution in [2.45, 2.75) is 83.5 Å². The first-order chi connectivity index (χ1) is 16.9. The molecule has 4 fully saturated rings. The van der Waals surface area contributed by atoms with Crippen LogP contribution in [0.3, 0.4) is 0 Å². The zero-order valence-electron chi connectivity index (χ0n) is 21.6. The van der Waals surface area contributed by atoms with Gasteiger partial charge in [0.05, 0.1) is 12.7 Å². The van der Waals surface area contributed by atoms with Crippen molar-refractivity contribution in [2.24, 2.45) is 34.5 Å². The Balaban J connectivity index is 1.53. The van der Waals surface area contributed by atoms with Gasteiger partial charge in [-0.3, -0.25) is 4.79 Å². The topological polar surface area (TPSA) is 99.1 Å². The van der Waals surface area contributed by atoms with E-state index in [9.17, 15) is 23.9 Å². The quantitative estimate of drug-likeness (QED) is 0.581. The highest BCUT2D eigenvalue weighted by atomic mass is 19.1. The number of esters is 2. The molecule has 0 spiro atoms. The third-order valence-corrected chi connectivity index (χ3v) is 10.7. The number of alkyl halides is 1. The van der Waals surface area contributed by atoms with Crippen LogP contribution >= 0.6 is 0 Å². The summed E-state index contributed by atoms with van der Waals surface area (Å²) in [5.41, 5.74) is -3.11. The number of allylic oxidation sites excluding steroid dienone is 4. The molecule has 1 unspecified atom stereocenters. The van der Waals surface area contributed by atoms with E-state index < -0.39 is 47.4 Å². The SMILES string of the molecule is C[C@@H]1C[C@H]2[C@@H]3CCC4=CC(=O)C=C[C@]4(C)[C@H]3CC[C@]2(C)[C@@]1(OC(=O)[C@]1(C)OCCC1O)C(=O)OCF. The Kier molecular flexibility index (Phi) is 6.03. The van der Waals surface area contributed by atoms with Crippen LogP contribution in [0.1, 0.15) is 66.2 Å². The van der Waals surface area contributed by atoms with Gasteiger partial charge >= 0.3 is 11.9 Å². The number of aliphatic hydroxyl groups is 1. The van der Waals surface area contributed by atoms with Gasteiger partial charge in [0, 0.05) is 23.2 Å². The van der Waals surface area contributed by atoms with Crippen LogP contribution in [0.25, 0.3) is 0 Å². The van der Waals surface area contributed by atoms with Gasteiger partial charge in [0.1, 0.15) is 0 Å². The van der Waals surface area contributed by atoms with E-state index in [2.05, 4.69) is 6.92 Å². The maximum atomic E-state index is 13.6. The molecule has 1 N–H and O–H groups in total. The van der Waals surface area contributed by atoms with Gasteiger partial charge in [-0.15, -0.1) is 0 Å². The van der Waals surface area contributed by atoms with Gasteiger partial charge in [0.25, 0.3) is 0 Å². The molecular weight excluding hydrogens is 467 g/mol. The van der Waals surface area contributed by atoms with E-state index in [1.807, 2.05) is 19.9 Å². The highest BCUT2D eigenvalue weighted by Gasteiger charge is 2.73. The first kappa shape index (κ1) is 25.6. The van der Waals surface area contributed by atoms with Crippen LogP contribution in [0.4, 0.5) is 4.39 Å². The number of fused-ring (bicyclic) bond motifs is 5. The Hall–Kier alpha value is -2.06. The predicted octanol–water partition coefficient (Wildman–Crippen LogP) is 3.83. The second kappa shape index (κ2) is 8.48. The summed E-state index contributed by atoms with van der Waals surface area (Å²) in [6.45, 7) is 6.42. The highest BCUT2D eigenvalue weighted by Crippen LogP contribution is 2.69. The third-order valence-electron chi connectivity index (χ3n) is 10.7. The van der Waals surface area contributed by atoms with E-state index in [0.717, 1.165) is 19.3 Å². The van der Waals surface area contributed by atoms with Crippen LogP contribution in [0, 0.1) is 34.5 Å². The van der Waals surface area contributed by atoms with Crippen molar-refractivity contribution in [1.29, 1.82) is 0 Å². The van der Waals surface area contributed by atoms with Crippen molar-refractivity contribution >= 4 is 17.7 Å². The lowest BCUT2D eigenvalue weighted by Gasteiger charge is -2.58. The van der Waals surface area contributed by atoms with Crippen molar-refractivity contribution in [3.63, 3.8) is 0 Å². The van der Waals surface area contributed by atoms with Gasteiger partial charge in [0.2, 0.25) is 12.5 Å². The number of carbonyl (C=O) groups excluding carboxylic acids is 3. The summed E-state index contributed by atoms with van der Waals surface area (Å²) in [7, 11) is 0. The standard InChI is InChI=1S/C28H37FO7/c1-16-13-21-19-6-5-17-14-18(30)7-10-25(17,2)20(19)8-11-26(21,3)28(16,24(33)34-15-29)36-23(32)27(4)22(31)9-12-35-27/h7,10,14,16,19-22,31H,5-6,8-9,11-13,15H2,1-4H3/t16-,19-,20+,21+,22?,25+,26+,27-,28+/m1/s1. The zero-order chi connectivity index (χ0) is 26.1. The second-order valence-electron chi connectivity index (χ2n) is 12.1. The van der Waals surface area contributed by atoms with E-state index in [4.69, 9.17) is 14.2 Å². The molecule has 1 heterocycles. The molecule has 1 saturated heterocycles. The number of aliphatic hydroxyl groups excluding tert-OH is 1. The van der Waals surface area contributed by atoms with Crippen molar-refractivity contribution < 1.29 is 38.1 Å². The number of ketones is 1. The summed E-state index contributed by atoms with van der Waals surface area (Å²) >= 11 is 0. The summed E-state index contributed by atoms with van der Waals surface area (Å²) in [5, 5.41) is 10.5. The molecule has 7 nitrogen and oxygen atoms in total. The zero-order valence-corrected chi connectivity index (χ0v) is 21.6. The fourth-order valence-corrected chi connectivity index (χ4v) is 8.57. The number of hydrogen-bond donors (Lipinski definition) is 1. The molecule has 5 rings (SSSR count). The molecule has 1 aliphatic heterocycles. The van der Waals surface area contributed by atoms with Crippen LogP contribution < -0.4 is 0 Å². The predicted molar refractivity (Wildman–Crippen MR) is 127 cm³/mol. The van der Waals surface area contributed by atoms with Gasteiger partial charge in [-0.25, -0.2) is 14.0 Å².